The van der Waals surface area contributed by atoms with Crippen molar-refractivity contribution in [3.63, 3.8) is 0 Å². The summed E-state index contributed by atoms with van der Waals surface area (Å²) >= 11 is 0. The van der Waals surface area contributed by atoms with Crippen molar-refractivity contribution in [1.29, 1.82) is 10.5 Å². The summed E-state index contributed by atoms with van der Waals surface area (Å²) in [7, 11) is 0. The Labute approximate surface area is 339 Å². The van der Waals surface area contributed by atoms with Crippen molar-refractivity contribution in [2.45, 2.75) is 0 Å². The number of nitriles is 2. The van der Waals surface area contributed by atoms with Crippen LogP contribution in [0.15, 0.2) is 224 Å². The zero-order valence-electron chi connectivity index (χ0n) is 31.7. The summed E-state index contributed by atoms with van der Waals surface area (Å²) in [6.45, 7) is 0. The highest BCUT2D eigenvalue weighted by Gasteiger charge is 2.29. The highest BCUT2D eigenvalue weighted by molar-refractivity contribution is 6.10. The van der Waals surface area contributed by atoms with Gasteiger partial charge in [-0.05, 0) is 101 Å². The van der Waals surface area contributed by atoms with Crippen LogP contribution in [0.5, 0.6) is 0 Å². The third kappa shape index (κ3) is 6.67. The van der Waals surface area contributed by atoms with Crippen LogP contribution in [0.2, 0.25) is 0 Å². The van der Waals surface area contributed by atoms with Gasteiger partial charge in [-0.2, -0.15) is 10.5 Å². The summed E-state index contributed by atoms with van der Waals surface area (Å²) < 4.78 is 0. The van der Waals surface area contributed by atoms with E-state index in [2.05, 4.69) is 194 Å². The number of allylic oxidation sites excluding steroid dienone is 1. The molecule has 0 aliphatic heterocycles. The first-order chi connectivity index (χ1) is 28.7. The maximum Gasteiger partial charge on any atom is 0.138 e. The fraction of sp³-hybridized carbons (Fsp3) is 0. The van der Waals surface area contributed by atoms with Crippen LogP contribution in [-0.2, 0) is 0 Å². The molecule has 2 nitrogen and oxygen atoms in total. The van der Waals surface area contributed by atoms with Gasteiger partial charge in [0, 0.05) is 5.57 Å². The predicted molar refractivity (Wildman–Crippen MR) is 238 cm³/mol. The Bertz CT molecular complexity index is 2660. The van der Waals surface area contributed by atoms with E-state index in [1.807, 2.05) is 36.4 Å². The van der Waals surface area contributed by atoms with E-state index >= 15 is 0 Å². The molecule has 270 valence electrons. The minimum atomic E-state index is 0.0856. The van der Waals surface area contributed by atoms with Gasteiger partial charge in [0.15, 0.2) is 0 Å². The molecule has 1 aliphatic rings. The lowest BCUT2D eigenvalue weighted by atomic mass is 9.84. The molecule has 0 amide bonds. The Balaban J connectivity index is 1.31. The van der Waals surface area contributed by atoms with Gasteiger partial charge in [-0.3, -0.25) is 0 Å². The van der Waals surface area contributed by atoms with Crippen molar-refractivity contribution in [3.8, 4) is 23.3 Å². The minimum absolute atomic E-state index is 0.0856. The summed E-state index contributed by atoms with van der Waals surface area (Å²) in [5.74, 6) is 0. The fourth-order valence-electron chi connectivity index (χ4n) is 8.28. The van der Waals surface area contributed by atoms with E-state index in [4.69, 9.17) is 0 Å². The Morgan fingerprint density at radius 3 is 0.741 bits per heavy atom. The standard InChI is InChI=1S/C56H36N2/c57-37-47(38-58)56-50-35-45(54(43-27-15-5-16-28-43)52(39-19-7-1-8-20-39)40-21-9-2-10-22-40)31-33-48(50)49-34-32-46(36-51(49)56)55(44-29-17-6-18-30-44)53(41-23-11-3-12-24-41)42-25-13-4-14-26-42/h1-36H. The van der Waals surface area contributed by atoms with Gasteiger partial charge in [0.05, 0.1) is 0 Å². The van der Waals surface area contributed by atoms with Crippen LogP contribution in [0.4, 0.5) is 0 Å². The molecule has 0 radical (unpaired) electrons. The molecule has 0 saturated heterocycles. The van der Waals surface area contributed by atoms with Crippen molar-refractivity contribution < 1.29 is 0 Å². The Hall–Kier alpha value is -8.04. The fourth-order valence-corrected chi connectivity index (χ4v) is 8.28. The van der Waals surface area contributed by atoms with Gasteiger partial charge in [0.1, 0.15) is 17.7 Å². The zero-order chi connectivity index (χ0) is 39.3. The molecule has 8 aromatic carbocycles. The number of fused-ring (bicyclic) bond motifs is 3. The van der Waals surface area contributed by atoms with Gasteiger partial charge in [-0.25, -0.2) is 0 Å². The molecule has 0 heterocycles. The van der Waals surface area contributed by atoms with E-state index in [1.54, 1.807) is 0 Å². The van der Waals surface area contributed by atoms with Crippen LogP contribution >= 0.6 is 0 Å². The van der Waals surface area contributed by atoms with Crippen LogP contribution in [0.1, 0.15) is 55.6 Å². The van der Waals surface area contributed by atoms with Gasteiger partial charge < -0.3 is 0 Å². The summed E-state index contributed by atoms with van der Waals surface area (Å²) in [5, 5.41) is 21.1. The van der Waals surface area contributed by atoms with Gasteiger partial charge in [0.2, 0.25) is 0 Å². The molecule has 0 fully saturated rings. The van der Waals surface area contributed by atoms with Crippen molar-refractivity contribution in [3.05, 3.63) is 280 Å². The number of hydrogen-bond donors (Lipinski definition) is 0. The van der Waals surface area contributed by atoms with Crippen molar-refractivity contribution in [1.82, 2.24) is 0 Å². The second-order valence-corrected chi connectivity index (χ2v) is 14.2. The number of hydrogen-bond acceptors (Lipinski definition) is 2. The van der Waals surface area contributed by atoms with E-state index < -0.39 is 0 Å². The second-order valence-electron chi connectivity index (χ2n) is 14.2. The zero-order valence-corrected chi connectivity index (χ0v) is 31.7. The average Bonchev–Trinajstić information content (AvgIpc) is 3.62. The van der Waals surface area contributed by atoms with E-state index in [-0.39, 0.29) is 5.57 Å². The lowest BCUT2D eigenvalue weighted by Gasteiger charge is -2.19. The van der Waals surface area contributed by atoms with Crippen LogP contribution in [0.25, 0.3) is 39.0 Å². The second kappa shape index (κ2) is 16.0. The number of nitrogens with zero attached hydrogens (tertiary/aromatic N) is 2. The molecule has 0 bridgehead atoms. The highest BCUT2D eigenvalue weighted by Crippen LogP contribution is 2.49. The highest BCUT2D eigenvalue weighted by atomic mass is 14.4. The van der Waals surface area contributed by atoms with E-state index in [1.165, 1.54) is 0 Å². The molecule has 0 atom stereocenters. The smallest absolute Gasteiger partial charge is 0.138 e. The summed E-state index contributed by atoms with van der Waals surface area (Å²) in [4.78, 5) is 0. The van der Waals surface area contributed by atoms with Gasteiger partial charge in [0.25, 0.3) is 0 Å². The number of rotatable bonds is 8. The molecule has 0 spiro atoms. The largest absolute Gasteiger partial charge is 0.192 e. The third-order valence-electron chi connectivity index (χ3n) is 10.8. The topological polar surface area (TPSA) is 47.6 Å². The monoisotopic (exact) mass is 736 g/mol. The molecule has 9 rings (SSSR count). The molecule has 0 N–H and O–H groups in total. The first-order valence-electron chi connectivity index (χ1n) is 19.4. The van der Waals surface area contributed by atoms with Gasteiger partial charge in [-0.1, -0.05) is 206 Å². The van der Waals surface area contributed by atoms with E-state index in [9.17, 15) is 10.5 Å². The molecule has 0 unspecified atom stereocenters. The summed E-state index contributed by atoms with van der Waals surface area (Å²) in [6, 6.07) is 80.5. The molecule has 1 aliphatic carbocycles. The van der Waals surface area contributed by atoms with Crippen molar-refractivity contribution in [2.75, 3.05) is 0 Å². The van der Waals surface area contributed by atoms with Crippen molar-refractivity contribution >= 4 is 27.9 Å². The normalized spacial score (nSPS) is 11.0. The Kier molecular flexibility index (Phi) is 9.82. The summed E-state index contributed by atoms with van der Waals surface area (Å²) in [5.41, 5.74) is 17.3. The SMILES string of the molecule is N#CC(C#N)=C1c2cc(C(=C(c3ccccc3)c3ccccc3)c3ccccc3)ccc2-c2ccc(C(=C(c3ccccc3)c3ccccc3)c3ccccc3)cc21. The first kappa shape index (κ1) is 35.6. The van der Waals surface area contributed by atoms with Crippen LogP contribution in [0, 0.1) is 22.7 Å². The van der Waals surface area contributed by atoms with Crippen LogP contribution < -0.4 is 0 Å². The molecule has 8 aromatic rings. The predicted octanol–water partition coefficient (Wildman–Crippen LogP) is 13.5. The van der Waals surface area contributed by atoms with Gasteiger partial charge >= 0.3 is 0 Å². The molecule has 58 heavy (non-hydrogen) atoms. The summed E-state index contributed by atoms with van der Waals surface area (Å²) in [6.07, 6.45) is 0. The Morgan fingerprint density at radius 2 is 0.500 bits per heavy atom. The van der Waals surface area contributed by atoms with E-state index in [0.29, 0.717) is 5.57 Å². The Morgan fingerprint density at radius 1 is 0.259 bits per heavy atom. The lowest BCUT2D eigenvalue weighted by molar-refractivity contribution is 1.45. The quantitative estimate of drug-likeness (QED) is 0.115. The first-order valence-corrected chi connectivity index (χ1v) is 19.4. The van der Waals surface area contributed by atoms with Crippen molar-refractivity contribution in [2.24, 2.45) is 0 Å². The lowest BCUT2D eigenvalue weighted by Crippen LogP contribution is -1.99. The third-order valence-corrected chi connectivity index (χ3v) is 10.8. The molecule has 2 heteroatoms. The molecule has 0 aromatic heterocycles. The maximum absolute atomic E-state index is 10.6. The minimum Gasteiger partial charge on any atom is -0.192 e. The van der Waals surface area contributed by atoms with Gasteiger partial charge in [-0.15, -0.1) is 0 Å². The number of benzene rings is 8. The maximum atomic E-state index is 10.6. The molecular weight excluding hydrogens is 701 g/mol. The molecule has 0 saturated carbocycles. The van der Waals surface area contributed by atoms with Crippen LogP contribution in [0.3, 0.4) is 0 Å². The average molecular weight is 737 g/mol. The van der Waals surface area contributed by atoms with E-state index in [0.717, 1.165) is 89.1 Å². The van der Waals surface area contributed by atoms with Crippen LogP contribution in [-0.4, -0.2) is 0 Å². The molecular formula is C56H36N2.